The summed E-state index contributed by atoms with van der Waals surface area (Å²) in [6.07, 6.45) is 0. The van der Waals surface area contributed by atoms with Gasteiger partial charge in [-0.05, 0) is 5.92 Å². The van der Waals surface area contributed by atoms with Crippen molar-refractivity contribution in [1.82, 2.24) is 4.98 Å². The van der Waals surface area contributed by atoms with Gasteiger partial charge in [0.25, 0.3) is 0 Å². The first kappa shape index (κ1) is 11.6. The van der Waals surface area contributed by atoms with Crippen molar-refractivity contribution < 1.29 is 4.42 Å². The molecule has 1 aromatic heterocycles. The van der Waals surface area contributed by atoms with E-state index in [1.165, 1.54) is 0 Å². The molecule has 0 saturated carbocycles. The second-order valence-corrected chi connectivity index (χ2v) is 4.09. The van der Waals surface area contributed by atoms with Crippen molar-refractivity contribution in [2.24, 2.45) is 16.5 Å². The van der Waals surface area contributed by atoms with E-state index >= 15 is 0 Å². The molecule has 0 aliphatic heterocycles. The van der Waals surface area contributed by atoms with E-state index in [1.54, 1.807) is 0 Å². The summed E-state index contributed by atoms with van der Waals surface area (Å²) in [5, 5.41) is 0. The third-order valence-electron chi connectivity index (χ3n) is 1.97. The van der Waals surface area contributed by atoms with Gasteiger partial charge in [0, 0.05) is 5.92 Å². The highest BCUT2D eigenvalue weighted by Crippen LogP contribution is 2.29. The first-order valence-corrected chi connectivity index (χ1v) is 5.02. The van der Waals surface area contributed by atoms with Crippen LogP contribution in [0.3, 0.4) is 0 Å². The number of nitrogens with two attached hydrogens (primary N) is 2. The van der Waals surface area contributed by atoms with Crippen LogP contribution in [0.4, 0.5) is 6.01 Å². The van der Waals surface area contributed by atoms with Crippen LogP contribution in [0.25, 0.3) is 0 Å². The minimum Gasteiger partial charge on any atom is -0.427 e. The molecule has 0 aliphatic rings. The molecule has 5 nitrogen and oxygen atoms in total. The van der Waals surface area contributed by atoms with Gasteiger partial charge in [0.1, 0.15) is 5.76 Å². The molecule has 0 fully saturated rings. The Kier molecular flexibility index (Phi) is 3.34. The van der Waals surface area contributed by atoms with E-state index in [-0.39, 0.29) is 17.9 Å². The molecular weight excluding hydrogens is 192 g/mol. The maximum atomic E-state index is 5.49. The standard InChI is InChI=1S/C10H18N4O/c1-5(2)7-8(6(3)4)15-10(13-7)14-9(11)12/h5-6H,1-4H3,(H4,11,12,13,14). The molecule has 0 atom stereocenters. The predicted octanol–water partition coefficient (Wildman–Crippen LogP) is 1.83. The molecule has 4 N–H and O–H groups in total. The van der Waals surface area contributed by atoms with Crippen molar-refractivity contribution >= 4 is 12.0 Å². The Morgan fingerprint density at radius 2 is 1.80 bits per heavy atom. The number of oxazole rings is 1. The third kappa shape index (κ3) is 2.71. The fourth-order valence-electron chi connectivity index (χ4n) is 1.32. The molecule has 0 unspecified atom stereocenters. The highest BCUT2D eigenvalue weighted by Gasteiger charge is 2.18. The number of nitrogens with zero attached hydrogens (tertiary/aromatic N) is 2. The van der Waals surface area contributed by atoms with Crippen LogP contribution in [0.2, 0.25) is 0 Å². The second-order valence-electron chi connectivity index (χ2n) is 4.09. The van der Waals surface area contributed by atoms with E-state index < -0.39 is 0 Å². The lowest BCUT2D eigenvalue weighted by molar-refractivity contribution is 0.486. The first-order valence-electron chi connectivity index (χ1n) is 5.02. The maximum absolute atomic E-state index is 5.49. The largest absolute Gasteiger partial charge is 0.427 e. The Morgan fingerprint density at radius 3 is 2.13 bits per heavy atom. The normalized spacial score (nSPS) is 11.1. The van der Waals surface area contributed by atoms with Crippen LogP contribution in [0.15, 0.2) is 9.41 Å². The molecule has 0 aromatic carbocycles. The molecule has 0 amide bonds. The summed E-state index contributed by atoms with van der Waals surface area (Å²) in [4.78, 5) is 8.06. The van der Waals surface area contributed by atoms with Gasteiger partial charge >= 0.3 is 6.01 Å². The number of aliphatic imine (C=N–C) groups is 1. The molecule has 0 saturated heterocycles. The summed E-state index contributed by atoms with van der Waals surface area (Å²) in [6.45, 7) is 8.21. The SMILES string of the molecule is CC(C)c1nc(N=C(N)N)oc1C(C)C. The minimum absolute atomic E-state index is 0.0399. The van der Waals surface area contributed by atoms with Crippen molar-refractivity contribution in [1.29, 1.82) is 0 Å². The van der Waals surface area contributed by atoms with Gasteiger partial charge in [-0.3, -0.25) is 0 Å². The predicted molar refractivity (Wildman–Crippen MR) is 60.2 cm³/mol. The van der Waals surface area contributed by atoms with Gasteiger partial charge in [-0.1, -0.05) is 27.7 Å². The van der Waals surface area contributed by atoms with Gasteiger partial charge in [-0.25, -0.2) is 0 Å². The van der Waals surface area contributed by atoms with Crippen LogP contribution in [0.5, 0.6) is 0 Å². The lowest BCUT2D eigenvalue weighted by Crippen LogP contribution is -2.21. The van der Waals surface area contributed by atoms with Crippen molar-refractivity contribution in [3.8, 4) is 0 Å². The summed E-state index contributed by atoms with van der Waals surface area (Å²) < 4.78 is 5.49. The number of guanidine groups is 1. The van der Waals surface area contributed by atoms with Crippen LogP contribution in [-0.2, 0) is 0 Å². The molecule has 1 heterocycles. The topological polar surface area (TPSA) is 90.4 Å². The van der Waals surface area contributed by atoms with E-state index in [9.17, 15) is 0 Å². The van der Waals surface area contributed by atoms with Crippen molar-refractivity contribution in [3.05, 3.63) is 11.5 Å². The second kappa shape index (κ2) is 4.33. The monoisotopic (exact) mass is 210 g/mol. The fourth-order valence-corrected chi connectivity index (χ4v) is 1.32. The van der Waals surface area contributed by atoms with Gasteiger partial charge in [0.05, 0.1) is 5.69 Å². The molecule has 0 spiro atoms. The van der Waals surface area contributed by atoms with Gasteiger partial charge in [-0.2, -0.15) is 9.98 Å². The van der Waals surface area contributed by atoms with Crippen molar-refractivity contribution in [2.75, 3.05) is 0 Å². The zero-order valence-electron chi connectivity index (χ0n) is 9.61. The summed E-state index contributed by atoms with van der Waals surface area (Å²) >= 11 is 0. The Labute approximate surface area is 89.6 Å². The number of aromatic nitrogens is 1. The van der Waals surface area contributed by atoms with Crippen LogP contribution < -0.4 is 11.5 Å². The van der Waals surface area contributed by atoms with Gasteiger partial charge in [-0.15, -0.1) is 0 Å². The summed E-state index contributed by atoms with van der Waals surface area (Å²) in [6, 6.07) is 0.238. The quantitative estimate of drug-likeness (QED) is 0.588. The molecule has 84 valence electrons. The van der Waals surface area contributed by atoms with E-state index in [0.717, 1.165) is 11.5 Å². The zero-order chi connectivity index (χ0) is 11.6. The van der Waals surface area contributed by atoms with E-state index in [2.05, 4.69) is 23.8 Å². The highest BCUT2D eigenvalue weighted by atomic mass is 16.4. The van der Waals surface area contributed by atoms with E-state index in [4.69, 9.17) is 15.9 Å². The summed E-state index contributed by atoms with van der Waals surface area (Å²) in [5.41, 5.74) is 11.4. The van der Waals surface area contributed by atoms with Crippen LogP contribution >= 0.6 is 0 Å². The third-order valence-corrected chi connectivity index (χ3v) is 1.97. The van der Waals surface area contributed by atoms with Crippen molar-refractivity contribution in [3.63, 3.8) is 0 Å². The van der Waals surface area contributed by atoms with Gasteiger partial charge in [0.15, 0.2) is 5.96 Å². The van der Waals surface area contributed by atoms with Gasteiger partial charge < -0.3 is 15.9 Å². The average molecular weight is 210 g/mol. The lowest BCUT2D eigenvalue weighted by Gasteiger charge is -2.05. The van der Waals surface area contributed by atoms with Crippen LogP contribution in [0.1, 0.15) is 51.0 Å². The summed E-state index contributed by atoms with van der Waals surface area (Å²) in [5.74, 6) is 1.39. The fraction of sp³-hybridized carbons (Fsp3) is 0.600. The molecule has 0 bridgehead atoms. The molecule has 1 rings (SSSR count). The molecule has 1 aromatic rings. The lowest BCUT2D eigenvalue weighted by atomic mass is 10.0. The number of hydrogen-bond acceptors (Lipinski definition) is 3. The van der Waals surface area contributed by atoms with Gasteiger partial charge in [0.2, 0.25) is 0 Å². The smallest absolute Gasteiger partial charge is 0.325 e. The molecule has 15 heavy (non-hydrogen) atoms. The Hall–Kier alpha value is -1.52. The maximum Gasteiger partial charge on any atom is 0.325 e. The number of hydrogen-bond donors (Lipinski definition) is 2. The number of rotatable bonds is 3. The molecule has 0 radical (unpaired) electrons. The Morgan fingerprint density at radius 1 is 1.20 bits per heavy atom. The van der Waals surface area contributed by atoms with E-state index in [1.807, 2.05) is 13.8 Å². The average Bonchev–Trinajstić information content (AvgIpc) is 2.46. The van der Waals surface area contributed by atoms with E-state index in [0.29, 0.717) is 5.92 Å². The van der Waals surface area contributed by atoms with Crippen LogP contribution in [0, 0.1) is 0 Å². The molecule has 5 heteroatoms. The molecule has 0 aliphatic carbocycles. The highest BCUT2D eigenvalue weighted by molar-refractivity contribution is 5.77. The van der Waals surface area contributed by atoms with Crippen LogP contribution in [-0.4, -0.2) is 10.9 Å². The van der Waals surface area contributed by atoms with Crippen molar-refractivity contribution in [2.45, 2.75) is 39.5 Å². The zero-order valence-corrected chi connectivity index (χ0v) is 9.61. The minimum atomic E-state index is -0.0399. The Bertz CT molecular complexity index is 336. The first-order chi connectivity index (χ1) is 6.91. The molecular formula is C10H18N4O. The Balaban J connectivity index is 3.15. The summed E-state index contributed by atoms with van der Waals surface area (Å²) in [7, 11) is 0.